The molecule has 1 aliphatic heterocycles. The molecule has 204 valence electrons. The molecule has 1 aromatic heterocycles. The van der Waals surface area contributed by atoms with Crippen LogP contribution >= 0.6 is 0 Å². The van der Waals surface area contributed by atoms with Gasteiger partial charge in [-0.05, 0) is 61.0 Å². The van der Waals surface area contributed by atoms with Gasteiger partial charge in [-0.3, -0.25) is 9.69 Å². The van der Waals surface area contributed by atoms with E-state index in [-0.39, 0.29) is 24.5 Å². The number of ether oxygens (including phenoxy) is 1. The first-order valence-electron chi connectivity index (χ1n) is 12.3. The predicted octanol–water partition coefficient (Wildman–Crippen LogP) is 3.42. The summed E-state index contributed by atoms with van der Waals surface area (Å²) in [6.07, 6.45) is 0. The number of nitrogens with zero attached hydrogens (tertiary/aromatic N) is 3. The number of halogens is 2. The molecule has 0 atom stereocenters. The zero-order valence-corrected chi connectivity index (χ0v) is 22.0. The highest BCUT2D eigenvalue weighted by Crippen LogP contribution is 2.19. The average molecular weight is 548 g/mol. The predicted molar refractivity (Wildman–Crippen MR) is 137 cm³/mol. The lowest BCUT2D eigenvalue weighted by molar-refractivity contribution is -0.133. The molecule has 1 fully saturated rings. The Balaban J connectivity index is 1.58. The number of benzene rings is 2. The van der Waals surface area contributed by atoms with Crippen LogP contribution in [0.25, 0.3) is 0 Å². The van der Waals surface area contributed by atoms with Crippen molar-refractivity contribution in [2.75, 3.05) is 45.9 Å². The fourth-order valence-corrected chi connectivity index (χ4v) is 5.55. The second-order valence-electron chi connectivity index (χ2n) is 9.14. The largest absolute Gasteiger partial charge is 0.464 e. The maximum atomic E-state index is 13.6. The minimum atomic E-state index is -4.11. The quantitative estimate of drug-likeness (QED) is 0.366. The molecule has 0 aliphatic carbocycles. The summed E-state index contributed by atoms with van der Waals surface area (Å²) < 4.78 is 66.2. The van der Waals surface area contributed by atoms with Crippen molar-refractivity contribution in [3.63, 3.8) is 0 Å². The van der Waals surface area contributed by atoms with E-state index in [1.54, 1.807) is 31.2 Å². The van der Waals surface area contributed by atoms with Gasteiger partial charge in [0, 0.05) is 32.7 Å². The van der Waals surface area contributed by atoms with Crippen LogP contribution in [0.15, 0.2) is 70.0 Å². The summed E-state index contributed by atoms with van der Waals surface area (Å²) in [4.78, 5) is 17.1. The normalized spacial score (nSPS) is 14.6. The molecule has 0 N–H and O–H groups in total. The lowest BCUT2D eigenvalue weighted by Gasteiger charge is -2.31. The Morgan fingerprint density at radius 2 is 1.55 bits per heavy atom. The monoisotopic (exact) mass is 547 g/mol. The molecule has 1 saturated heterocycles. The maximum Gasteiger partial charge on any atom is 0.243 e. The number of morpholine rings is 1. The molecule has 0 radical (unpaired) electrons. The number of hydrogen-bond acceptors (Lipinski definition) is 6. The van der Waals surface area contributed by atoms with Crippen LogP contribution in [0.5, 0.6) is 0 Å². The van der Waals surface area contributed by atoms with Gasteiger partial charge in [-0.1, -0.05) is 12.1 Å². The van der Waals surface area contributed by atoms with Gasteiger partial charge in [0.25, 0.3) is 0 Å². The molecule has 8 nitrogen and oxygen atoms in total. The minimum absolute atomic E-state index is 0.0652. The highest BCUT2D eigenvalue weighted by atomic mass is 32.2. The van der Waals surface area contributed by atoms with Crippen LogP contribution in [0.1, 0.15) is 17.1 Å². The zero-order chi connectivity index (χ0) is 27.1. The van der Waals surface area contributed by atoms with Crippen LogP contribution in [0, 0.1) is 18.6 Å². The summed E-state index contributed by atoms with van der Waals surface area (Å²) in [7, 11) is -4.11. The number of aryl methyl sites for hydroxylation is 1. The number of rotatable bonds is 11. The number of furan rings is 1. The summed E-state index contributed by atoms with van der Waals surface area (Å²) in [6.45, 7) is 4.51. The van der Waals surface area contributed by atoms with Crippen LogP contribution in [0.2, 0.25) is 0 Å². The van der Waals surface area contributed by atoms with E-state index in [2.05, 4.69) is 4.90 Å². The lowest BCUT2D eigenvalue weighted by atomic mass is 10.2. The molecule has 0 saturated carbocycles. The van der Waals surface area contributed by atoms with Crippen molar-refractivity contribution in [3.05, 3.63) is 89.4 Å². The smallest absolute Gasteiger partial charge is 0.243 e. The van der Waals surface area contributed by atoms with Gasteiger partial charge in [-0.25, -0.2) is 17.2 Å². The number of carbonyl (C=O) groups excluding carboxylic acids is 1. The molecule has 0 unspecified atom stereocenters. The van der Waals surface area contributed by atoms with Crippen LogP contribution in [0.3, 0.4) is 0 Å². The molecular formula is C27H31F2N3O5S. The van der Waals surface area contributed by atoms with E-state index in [9.17, 15) is 22.0 Å². The van der Waals surface area contributed by atoms with Crippen molar-refractivity contribution in [2.24, 2.45) is 0 Å². The Labute approximate surface area is 221 Å². The Kier molecular flexibility index (Phi) is 9.26. The van der Waals surface area contributed by atoms with Gasteiger partial charge in [0.2, 0.25) is 15.9 Å². The molecule has 1 aliphatic rings. The molecule has 0 spiro atoms. The summed E-state index contributed by atoms with van der Waals surface area (Å²) >= 11 is 0. The van der Waals surface area contributed by atoms with Crippen molar-refractivity contribution in [2.45, 2.75) is 24.9 Å². The van der Waals surface area contributed by atoms with Gasteiger partial charge in [-0.2, -0.15) is 4.31 Å². The van der Waals surface area contributed by atoms with Gasteiger partial charge in [0.1, 0.15) is 23.2 Å². The van der Waals surface area contributed by atoms with E-state index >= 15 is 0 Å². The maximum absolute atomic E-state index is 13.6. The van der Waals surface area contributed by atoms with Gasteiger partial charge >= 0.3 is 0 Å². The molecule has 38 heavy (non-hydrogen) atoms. The first-order valence-corrected chi connectivity index (χ1v) is 13.8. The summed E-state index contributed by atoms with van der Waals surface area (Å²) in [5, 5.41) is 0. The third-order valence-corrected chi connectivity index (χ3v) is 8.17. The second-order valence-corrected chi connectivity index (χ2v) is 11.1. The number of carbonyl (C=O) groups is 1. The van der Waals surface area contributed by atoms with Gasteiger partial charge in [0.05, 0.1) is 31.2 Å². The van der Waals surface area contributed by atoms with Crippen LogP contribution in [-0.2, 0) is 32.6 Å². The summed E-state index contributed by atoms with van der Waals surface area (Å²) in [5.41, 5.74) is 0.685. The van der Waals surface area contributed by atoms with E-state index in [1.165, 1.54) is 29.2 Å². The van der Waals surface area contributed by atoms with E-state index in [1.807, 2.05) is 0 Å². The van der Waals surface area contributed by atoms with Gasteiger partial charge < -0.3 is 14.1 Å². The zero-order valence-electron chi connectivity index (χ0n) is 21.2. The fourth-order valence-electron chi connectivity index (χ4n) is 4.17. The van der Waals surface area contributed by atoms with Crippen LogP contribution in [0.4, 0.5) is 8.78 Å². The van der Waals surface area contributed by atoms with Crippen molar-refractivity contribution >= 4 is 15.9 Å². The number of amides is 1. The second kappa shape index (κ2) is 12.6. The minimum Gasteiger partial charge on any atom is -0.464 e. The lowest BCUT2D eigenvalue weighted by Crippen LogP contribution is -2.47. The summed E-state index contributed by atoms with van der Waals surface area (Å²) in [5.74, 6) is -0.178. The van der Waals surface area contributed by atoms with Crippen molar-refractivity contribution in [1.29, 1.82) is 0 Å². The van der Waals surface area contributed by atoms with E-state index < -0.39 is 34.1 Å². The molecule has 1 amide bonds. The Hall–Kier alpha value is -3.12. The highest BCUT2D eigenvalue weighted by Gasteiger charge is 2.30. The highest BCUT2D eigenvalue weighted by molar-refractivity contribution is 7.89. The standard InChI is InChI=1S/C27H31F2N3O5S/c1-21-2-9-25(37-21)19-31(18-22-3-5-23(28)6-4-22)27(33)20-32(13-12-30-14-16-36-17-15-30)38(34,35)26-10-7-24(29)8-11-26/h2-11H,12-20H2,1H3. The Bertz CT molecular complexity index is 1310. The molecule has 2 heterocycles. The van der Waals surface area contributed by atoms with Crippen LogP contribution < -0.4 is 0 Å². The van der Waals surface area contributed by atoms with Gasteiger partial charge in [-0.15, -0.1) is 0 Å². The third-order valence-electron chi connectivity index (χ3n) is 6.31. The van der Waals surface area contributed by atoms with E-state index in [0.29, 0.717) is 49.9 Å². The number of sulfonamides is 1. The SMILES string of the molecule is Cc1ccc(CN(Cc2ccc(F)cc2)C(=O)CN(CCN2CCOCC2)S(=O)(=O)c2ccc(F)cc2)o1. The van der Waals surface area contributed by atoms with Crippen molar-refractivity contribution < 1.29 is 31.1 Å². The van der Waals surface area contributed by atoms with Crippen molar-refractivity contribution in [1.82, 2.24) is 14.1 Å². The number of hydrogen-bond donors (Lipinski definition) is 0. The molecule has 4 rings (SSSR count). The summed E-state index contributed by atoms with van der Waals surface area (Å²) in [6, 6.07) is 13.9. The van der Waals surface area contributed by atoms with E-state index in [4.69, 9.17) is 9.15 Å². The first-order chi connectivity index (χ1) is 18.2. The Morgan fingerprint density at radius 3 is 2.16 bits per heavy atom. The molecule has 2 aromatic carbocycles. The molecular weight excluding hydrogens is 516 g/mol. The molecule has 0 bridgehead atoms. The third kappa shape index (κ3) is 7.47. The Morgan fingerprint density at radius 1 is 0.921 bits per heavy atom. The van der Waals surface area contributed by atoms with E-state index in [0.717, 1.165) is 16.4 Å². The van der Waals surface area contributed by atoms with Crippen LogP contribution in [-0.4, -0.2) is 74.4 Å². The van der Waals surface area contributed by atoms with Gasteiger partial charge in [0.15, 0.2) is 0 Å². The molecule has 3 aromatic rings. The molecule has 11 heteroatoms. The first kappa shape index (κ1) is 27.9. The van der Waals surface area contributed by atoms with Crippen molar-refractivity contribution in [3.8, 4) is 0 Å². The fraction of sp³-hybridized carbons (Fsp3) is 0.370. The average Bonchev–Trinajstić information content (AvgIpc) is 3.32. The topological polar surface area (TPSA) is 83.3 Å².